The number of hydrogen-bond acceptors (Lipinski definition) is 7. The average Bonchev–Trinajstić information content (AvgIpc) is 2.72. The number of hydrogen-bond donors (Lipinski definition) is 1. The Labute approximate surface area is 184 Å². The molecule has 0 amide bonds. The van der Waals surface area contributed by atoms with Gasteiger partial charge in [0.25, 0.3) is 0 Å². The number of terminal acetylenes is 2. The molecule has 31 heavy (non-hydrogen) atoms. The number of esters is 2. The average molecular weight is 430 g/mol. The lowest BCUT2D eigenvalue weighted by Crippen LogP contribution is -2.17. The minimum Gasteiger partial charge on any atom is -0.461 e. The van der Waals surface area contributed by atoms with Gasteiger partial charge in [0.15, 0.2) is 5.75 Å². The highest BCUT2D eigenvalue weighted by Crippen LogP contribution is 2.27. The SMILES string of the molecule is C#CC(CC(=O)OCc1cnc(C)c(OO)c1COC(=O)CC(C#C)C(C)C)C(C)C. The molecule has 0 aromatic carbocycles. The Bertz CT molecular complexity index is 847. The molecule has 0 saturated heterocycles. The Balaban J connectivity index is 2.91. The number of rotatable bonds is 11. The lowest BCUT2D eigenvalue weighted by atomic mass is 9.93. The maximum Gasteiger partial charge on any atom is 0.307 e. The van der Waals surface area contributed by atoms with E-state index < -0.39 is 11.9 Å². The number of ether oxygens (including phenoxy) is 2. The van der Waals surface area contributed by atoms with E-state index in [0.29, 0.717) is 16.8 Å². The molecule has 7 nitrogen and oxygen atoms in total. The molecule has 0 radical (unpaired) electrons. The highest BCUT2D eigenvalue weighted by atomic mass is 17.1. The molecular weight excluding hydrogens is 398 g/mol. The van der Waals surface area contributed by atoms with Crippen molar-refractivity contribution in [3.63, 3.8) is 0 Å². The molecule has 0 aliphatic rings. The molecule has 7 heteroatoms. The summed E-state index contributed by atoms with van der Waals surface area (Å²) in [5, 5.41) is 9.30. The smallest absolute Gasteiger partial charge is 0.307 e. The number of pyridine rings is 1. The number of carbonyl (C=O) groups is 2. The summed E-state index contributed by atoms with van der Waals surface area (Å²) in [6.07, 6.45) is 12.6. The number of aromatic nitrogens is 1. The molecular formula is C24H31NO6. The molecule has 0 spiro atoms. The summed E-state index contributed by atoms with van der Waals surface area (Å²) in [7, 11) is 0. The van der Waals surface area contributed by atoms with Crippen molar-refractivity contribution >= 4 is 11.9 Å². The first-order chi connectivity index (χ1) is 14.6. The monoisotopic (exact) mass is 429 g/mol. The predicted molar refractivity (Wildman–Crippen MR) is 115 cm³/mol. The molecule has 1 aromatic heterocycles. The predicted octanol–water partition coefficient (Wildman–Crippen LogP) is 3.92. The molecule has 2 atom stereocenters. The molecule has 1 aromatic rings. The largest absolute Gasteiger partial charge is 0.461 e. The molecule has 1 heterocycles. The maximum absolute atomic E-state index is 12.2. The quantitative estimate of drug-likeness (QED) is 0.247. The first-order valence-corrected chi connectivity index (χ1v) is 10.2. The normalized spacial score (nSPS) is 12.6. The van der Waals surface area contributed by atoms with E-state index in [1.54, 1.807) is 6.92 Å². The molecule has 0 fully saturated rings. The Kier molecular flexibility index (Phi) is 10.6. The van der Waals surface area contributed by atoms with E-state index in [2.05, 4.69) is 21.7 Å². The molecule has 0 bridgehead atoms. The first-order valence-electron chi connectivity index (χ1n) is 10.2. The highest BCUT2D eigenvalue weighted by molar-refractivity contribution is 5.71. The Morgan fingerprint density at radius 3 is 1.90 bits per heavy atom. The molecule has 0 aliphatic heterocycles. The van der Waals surface area contributed by atoms with Crippen LogP contribution < -0.4 is 4.89 Å². The lowest BCUT2D eigenvalue weighted by molar-refractivity contribution is -0.149. The molecule has 0 aliphatic carbocycles. The molecule has 168 valence electrons. The van der Waals surface area contributed by atoms with Gasteiger partial charge in [-0.05, 0) is 18.8 Å². The minimum atomic E-state index is -0.480. The second-order valence-electron chi connectivity index (χ2n) is 8.03. The lowest BCUT2D eigenvalue weighted by Gasteiger charge is -2.17. The van der Waals surface area contributed by atoms with Gasteiger partial charge in [-0.3, -0.25) is 14.6 Å². The van der Waals surface area contributed by atoms with Crippen LogP contribution in [0.3, 0.4) is 0 Å². The second-order valence-corrected chi connectivity index (χ2v) is 8.03. The Morgan fingerprint density at radius 2 is 1.48 bits per heavy atom. The van der Waals surface area contributed by atoms with Crippen LogP contribution >= 0.6 is 0 Å². The van der Waals surface area contributed by atoms with Gasteiger partial charge in [0.2, 0.25) is 0 Å². The molecule has 2 unspecified atom stereocenters. The van der Waals surface area contributed by atoms with Crippen LogP contribution in [0.4, 0.5) is 0 Å². The van der Waals surface area contributed by atoms with Gasteiger partial charge in [-0.1, -0.05) is 27.7 Å². The fraction of sp³-hybridized carbons (Fsp3) is 0.542. The van der Waals surface area contributed by atoms with Gasteiger partial charge in [-0.15, -0.1) is 24.7 Å². The Morgan fingerprint density at radius 1 is 1.00 bits per heavy atom. The van der Waals surface area contributed by atoms with Crippen molar-refractivity contribution in [3.8, 4) is 30.4 Å². The van der Waals surface area contributed by atoms with Crippen LogP contribution in [0, 0.1) is 55.3 Å². The number of carbonyl (C=O) groups excluding carboxylic acids is 2. The van der Waals surface area contributed by atoms with Gasteiger partial charge < -0.3 is 14.4 Å². The maximum atomic E-state index is 12.2. The minimum absolute atomic E-state index is 0.0439. The van der Waals surface area contributed by atoms with E-state index in [-0.39, 0.29) is 55.5 Å². The van der Waals surface area contributed by atoms with Crippen molar-refractivity contribution in [1.82, 2.24) is 4.98 Å². The molecule has 1 N–H and O–H groups in total. The van der Waals surface area contributed by atoms with Gasteiger partial charge in [-0.25, -0.2) is 5.26 Å². The van der Waals surface area contributed by atoms with Crippen LogP contribution in [0.15, 0.2) is 6.20 Å². The zero-order valence-electron chi connectivity index (χ0n) is 18.8. The Hall–Kier alpha value is -3.03. The summed E-state index contributed by atoms with van der Waals surface area (Å²) >= 11 is 0. The fourth-order valence-corrected chi connectivity index (χ4v) is 2.84. The van der Waals surface area contributed by atoms with E-state index in [4.69, 9.17) is 22.3 Å². The van der Waals surface area contributed by atoms with Gasteiger partial charge in [-0.2, -0.15) is 0 Å². The van der Waals surface area contributed by atoms with Crippen LogP contribution in [0.5, 0.6) is 5.75 Å². The van der Waals surface area contributed by atoms with Crippen LogP contribution in [0.2, 0.25) is 0 Å². The van der Waals surface area contributed by atoms with Crippen LogP contribution in [-0.4, -0.2) is 22.2 Å². The van der Waals surface area contributed by atoms with Gasteiger partial charge in [0.1, 0.15) is 13.2 Å². The van der Waals surface area contributed by atoms with E-state index in [9.17, 15) is 14.8 Å². The van der Waals surface area contributed by atoms with E-state index in [0.717, 1.165) is 0 Å². The van der Waals surface area contributed by atoms with Crippen molar-refractivity contribution < 1.29 is 29.2 Å². The number of nitrogens with zero attached hydrogens (tertiary/aromatic N) is 1. The van der Waals surface area contributed by atoms with Crippen LogP contribution in [0.25, 0.3) is 0 Å². The summed E-state index contributed by atoms with van der Waals surface area (Å²) in [4.78, 5) is 33.0. The van der Waals surface area contributed by atoms with E-state index in [1.165, 1.54) is 6.20 Å². The standard InChI is InChI=1S/C24H31NO6/c1-8-18(15(3)4)10-22(26)29-13-20-12-25-17(7)24(31-28)21(20)14-30-23(27)11-19(9-2)16(5)6/h1-2,12,15-16,18-19,28H,10-11,13-14H2,3-7H3. The van der Waals surface area contributed by atoms with E-state index >= 15 is 0 Å². The highest BCUT2D eigenvalue weighted by Gasteiger charge is 2.21. The van der Waals surface area contributed by atoms with Gasteiger partial charge in [0, 0.05) is 29.2 Å². The summed E-state index contributed by atoms with van der Waals surface area (Å²) in [6, 6.07) is 0. The van der Waals surface area contributed by atoms with Crippen LogP contribution in [0.1, 0.15) is 57.4 Å². The third kappa shape index (κ3) is 7.96. The fourth-order valence-electron chi connectivity index (χ4n) is 2.84. The second kappa shape index (κ2) is 12.6. The molecule has 0 saturated carbocycles. The van der Waals surface area contributed by atoms with Gasteiger partial charge >= 0.3 is 11.9 Å². The third-order valence-electron chi connectivity index (χ3n) is 5.07. The van der Waals surface area contributed by atoms with Crippen molar-refractivity contribution in [3.05, 3.63) is 23.0 Å². The topological polar surface area (TPSA) is 95.0 Å². The summed E-state index contributed by atoms with van der Waals surface area (Å²) in [6.45, 7) is 9.02. The third-order valence-corrected chi connectivity index (χ3v) is 5.07. The van der Waals surface area contributed by atoms with Gasteiger partial charge in [0.05, 0.1) is 18.5 Å². The summed E-state index contributed by atoms with van der Waals surface area (Å²) < 4.78 is 10.7. The number of aryl methyl sites for hydroxylation is 1. The molecule has 1 rings (SSSR count). The van der Waals surface area contributed by atoms with Crippen molar-refractivity contribution in [2.24, 2.45) is 23.7 Å². The van der Waals surface area contributed by atoms with Crippen LogP contribution in [-0.2, 0) is 32.3 Å². The first kappa shape index (κ1) is 26.0. The van der Waals surface area contributed by atoms with Crippen molar-refractivity contribution in [2.45, 2.75) is 60.7 Å². The summed E-state index contributed by atoms with van der Waals surface area (Å²) in [5.74, 6) is 4.08. The zero-order chi connectivity index (χ0) is 23.6. The van der Waals surface area contributed by atoms with Crippen molar-refractivity contribution in [2.75, 3.05) is 0 Å². The van der Waals surface area contributed by atoms with Crippen molar-refractivity contribution in [1.29, 1.82) is 0 Å². The van der Waals surface area contributed by atoms with E-state index in [1.807, 2.05) is 27.7 Å². The zero-order valence-corrected chi connectivity index (χ0v) is 18.8. The summed E-state index contributed by atoms with van der Waals surface area (Å²) in [5.41, 5.74) is 1.18.